The SMILES string of the molecule is CC1(Cl)C=CC=C(N)C1.Cl. The van der Waals surface area contributed by atoms with Crippen molar-refractivity contribution in [3.05, 3.63) is 23.9 Å². The summed E-state index contributed by atoms with van der Waals surface area (Å²) >= 11 is 5.96. The number of rotatable bonds is 0. The summed E-state index contributed by atoms with van der Waals surface area (Å²) in [4.78, 5) is -0.251. The Morgan fingerprint density at radius 1 is 1.70 bits per heavy atom. The van der Waals surface area contributed by atoms with E-state index in [-0.39, 0.29) is 17.3 Å². The van der Waals surface area contributed by atoms with Gasteiger partial charge in [-0.05, 0) is 13.0 Å². The molecule has 10 heavy (non-hydrogen) atoms. The molecular formula is C7H11Cl2N. The van der Waals surface area contributed by atoms with Crippen LogP contribution in [0, 0.1) is 0 Å². The highest BCUT2D eigenvalue weighted by Crippen LogP contribution is 2.26. The number of hydrogen-bond acceptors (Lipinski definition) is 1. The fraction of sp³-hybridized carbons (Fsp3) is 0.429. The van der Waals surface area contributed by atoms with Crippen LogP contribution in [0.15, 0.2) is 23.9 Å². The van der Waals surface area contributed by atoms with Crippen LogP contribution in [-0.4, -0.2) is 4.87 Å². The summed E-state index contributed by atoms with van der Waals surface area (Å²) in [5, 5.41) is 0. The molecule has 0 amide bonds. The molecule has 1 unspecified atom stereocenters. The van der Waals surface area contributed by atoms with Gasteiger partial charge in [0.1, 0.15) is 0 Å². The molecule has 0 fully saturated rings. The Hall–Kier alpha value is -0.140. The molecule has 0 aliphatic heterocycles. The van der Waals surface area contributed by atoms with E-state index in [1.807, 2.05) is 25.2 Å². The van der Waals surface area contributed by atoms with Gasteiger partial charge < -0.3 is 5.73 Å². The van der Waals surface area contributed by atoms with E-state index >= 15 is 0 Å². The predicted molar refractivity (Wildman–Crippen MR) is 47.5 cm³/mol. The molecule has 0 radical (unpaired) electrons. The zero-order chi connectivity index (χ0) is 6.91. The summed E-state index contributed by atoms with van der Waals surface area (Å²) < 4.78 is 0. The van der Waals surface area contributed by atoms with Crippen molar-refractivity contribution in [1.82, 2.24) is 0 Å². The van der Waals surface area contributed by atoms with Crippen molar-refractivity contribution in [2.75, 3.05) is 0 Å². The second-order valence-corrected chi connectivity index (χ2v) is 3.42. The van der Waals surface area contributed by atoms with Gasteiger partial charge in [-0.1, -0.05) is 12.2 Å². The van der Waals surface area contributed by atoms with Crippen molar-refractivity contribution >= 4 is 24.0 Å². The Bertz CT molecular complexity index is 170. The zero-order valence-corrected chi connectivity index (χ0v) is 7.38. The fourth-order valence-electron chi connectivity index (χ4n) is 0.889. The third-order valence-electron chi connectivity index (χ3n) is 1.30. The molecule has 0 bridgehead atoms. The minimum absolute atomic E-state index is 0. The van der Waals surface area contributed by atoms with Crippen molar-refractivity contribution in [1.29, 1.82) is 0 Å². The topological polar surface area (TPSA) is 26.0 Å². The van der Waals surface area contributed by atoms with E-state index in [0.717, 1.165) is 12.1 Å². The molecule has 1 nitrogen and oxygen atoms in total. The van der Waals surface area contributed by atoms with Gasteiger partial charge >= 0.3 is 0 Å². The largest absolute Gasteiger partial charge is 0.402 e. The lowest BCUT2D eigenvalue weighted by Gasteiger charge is -2.19. The Balaban J connectivity index is 0.000000810. The molecule has 0 spiro atoms. The highest BCUT2D eigenvalue weighted by molar-refractivity contribution is 6.25. The van der Waals surface area contributed by atoms with Gasteiger partial charge in [-0.3, -0.25) is 0 Å². The highest BCUT2D eigenvalue weighted by atomic mass is 35.5. The van der Waals surface area contributed by atoms with Gasteiger partial charge in [0, 0.05) is 12.1 Å². The Labute approximate surface area is 72.3 Å². The molecule has 2 N–H and O–H groups in total. The van der Waals surface area contributed by atoms with E-state index in [1.165, 1.54) is 0 Å². The third kappa shape index (κ3) is 2.63. The first kappa shape index (κ1) is 9.86. The van der Waals surface area contributed by atoms with Gasteiger partial charge in [-0.25, -0.2) is 0 Å². The number of halogens is 2. The van der Waals surface area contributed by atoms with E-state index in [0.29, 0.717) is 0 Å². The smallest absolute Gasteiger partial charge is 0.0655 e. The van der Waals surface area contributed by atoms with Gasteiger partial charge in [0.25, 0.3) is 0 Å². The first-order valence-electron chi connectivity index (χ1n) is 2.93. The maximum Gasteiger partial charge on any atom is 0.0655 e. The van der Waals surface area contributed by atoms with Gasteiger partial charge in [0.05, 0.1) is 4.87 Å². The summed E-state index contributed by atoms with van der Waals surface area (Å²) in [5.74, 6) is 0. The molecule has 1 rings (SSSR count). The monoisotopic (exact) mass is 179 g/mol. The van der Waals surface area contributed by atoms with E-state index < -0.39 is 0 Å². The summed E-state index contributed by atoms with van der Waals surface area (Å²) in [5.41, 5.74) is 6.39. The highest BCUT2D eigenvalue weighted by Gasteiger charge is 2.19. The van der Waals surface area contributed by atoms with E-state index in [1.54, 1.807) is 0 Å². The molecule has 0 aromatic carbocycles. The standard InChI is InChI=1S/C7H10ClN.ClH/c1-7(8)4-2-3-6(9)5-7;/h2-4H,5,9H2,1H3;1H. The lowest BCUT2D eigenvalue weighted by atomic mass is 10.0. The zero-order valence-electron chi connectivity index (χ0n) is 5.80. The second-order valence-electron chi connectivity index (χ2n) is 2.56. The van der Waals surface area contributed by atoms with Crippen molar-refractivity contribution in [3.8, 4) is 0 Å². The molecule has 0 aromatic heterocycles. The molecule has 0 saturated heterocycles. The van der Waals surface area contributed by atoms with Gasteiger partial charge in [0.2, 0.25) is 0 Å². The van der Waals surface area contributed by atoms with Crippen LogP contribution in [0.1, 0.15) is 13.3 Å². The first-order valence-corrected chi connectivity index (χ1v) is 3.31. The van der Waals surface area contributed by atoms with Gasteiger partial charge in [-0.2, -0.15) is 0 Å². The summed E-state index contributed by atoms with van der Waals surface area (Å²) in [6, 6.07) is 0. The Morgan fingerprint density at radius 2 is 2.30 bits per heavy atom. The molecule has 3 heteroatoms. The van der Waals surface area contributed by atoms with Crippen molar-refractivity contribution in [2.45, 2.75) is 18.2 Å². The van der Waals surface area contributed by atoms with Crippen LogP contribution in [0.5, 0.6) is 0 Å². The quantitative estimate of drug-likeness (QED) is 0.568. The maximum atomic E-state index is 5.96. The van der Waals surface area contributed by atoms with Crippen molar-refractivity contribution in [2.24, 2.45) is 5.73 Å². The van der Waals surface area contributed by atoms with Gasteiger partial charge in [0.15, 0.2) is 0 Å². The molecule has 1 aliphatic carbocycles. The van der Waals surface area contributed by atoms with Crippen LogP contribution in [0.25, 0.3) is 0 Å². The van der Waals surface area contributed by atoms with E-state index in [4.69, 9.17) is 17.3 Å². The molecule has 1 aliphatic rings. The fourth-order valence-corrected chi connectivity index (χ4v) is 1.12. The van der Waals surface area contributed by atoms with Gasteiger partial charge in [-0.15, -0.1) is 24.0 Å². The lowest BCUT2D eigenvalue weighted by molar-refractivity contribution is 0.744. The average Bonchev–Trinajstić information content (AvgIpc) is 1.60. The van der Waals surface area contributed by atoms with Crippen molar-refractivity contribution < 1.29 is 0 Å². The summed E-state index contributed by atoms with van der Waals surface area (Å²) in [6.45, 7) is 1.95. The average molecular weight is 180 g/mol. The molecule has 0 aromatic rings. The molecule has 1 atom stereocenters. The first-order chi connectivity index (χ1) is 4.10. The number of allylic oxidation sites excluding steroid dienone is 4. The maximum absolute atomic E-state index is 5.96. The van der Waals surface area contributed by atoms with Crippen LogP contribution in [0.2, 0.25) is 0 Å². The van der Waals surface area contributed by atoms with E-state index in [2.05, 4.69) is 0 Å². The van der Waals surface area contributed by atoms with Crippen LogP contribution in [-0.2, 0) is 0 Å². The third-order valence-corrected chi connectivity index (χ3v) is 1.56. The van der Waals surface area contributed by atoms with Crippen LogP contribution in [0.3, 0.4) is 0 Å². The Kier molecular flexibility index (Phi) is 3.26. The predicted octanol–water partition coefficient (Wildman–Crippen LogP) is 2.21. The van der Waals surface area contributed by atoms with Crippen molar-refractivity contribution in [3.63, 3.8) is 0 Å². The molecular weight excluding hydrogens is 169 g/mol. The lowest BCUT2D eigenvalue weighted by Crippen LogP contribution is -2.19. The number of nitrogens with two attached hydrogens (primary N) is 1. The molecule has 0 heterocycles. The summed E-state index contributed by atoms with van der Waals surface area (Å²) in [7, 11) is 0. The molecule has 58 valence electrons. The number of hydrogen-bond donors (Lipinski definition) is 1. The van der Waals surface area contributed by atoms with Crippen LogP contribution < -0.4 is 5.73 Å². The molecule has 0 saturated carbocycles. The summed E-state index contributed by atoms with van der Waals surface area (Å²) in [6.07, 6.45) is 6.48. The normalized spacial score (nSPS) is 30.8. The Morgan fingerprint density at radius 3 is 2.60 bits per heavy atom. The minimum Gasteiger partial charge on any atom is -0.402 e. The number of alkyl halides is 1. The van der Waals surface area contributed by atoms with E-state index in [9.17, 15) is 0 Å². The second kappa shape index (κ2) is 3.31. The minimum atomic E-state index is -0.251. The van der Waals surface area contributed by atoms with Crippen LogP contribution in [0.4, 0.5) is 0 Å². The van der Waals surface area contributed by atoms with Crippen LogP contribution >= 0.6 is 24.0 Å².